The van der Waals surface area contributed by atoms with Gasteiger partial charge in [0.1, 0.15) is 23.7 Å². The Morgan fingerprint density at radius 2 is 1.94 bits per heavy atom. The minimum Gasteiger partial charge on any atom is -0.388 e. The molecule has 5 atom stereocenters. The lowest BCUT2D eigenvalue weighted by Gasteiger charge is -2.39. The van der Waals surface area contributed by atoms with Crippen LogP contribution in [0.3, 0.4) is 0 Å². The van der Waals surface area contributed by atoms with Crippen molar-refractivity contribution in [2.24, 2.45) is 5.73 Å². The molecule has 7 heteroatoms. The van der Waals surface area contributed by atoms with E-state index in [0.717, 1.165) is 0 Å². The number of rotatable bonds is 3. The molecule has 0 aliphatic carbocycles. The first-order chi connectivity index (χ1) is 7.82. The van der Waals surface area contributed by atoms with E-state index in [-0.39, 0.29) is 0 Å². The van der Waals surface area contributed by atoms with Gasteiger partial charge in [-0.15, -0.1) is 0 Å². The van der Waals surface area contributed by atoms with Crippen molar-refractivity contribution >= 4 is 17.0 Å². The molecule has 1 aliphatic heterocycles. The molecule has 0 aromatic carbocycles. The van der Waals surface area contributed by atoms with Crippen LogP contribution in [0.2, 0.25) is 0 Å². The van der Waals surface area contributed by atoms with Gasteiger partial charge in [0.25, 0.3) is 5.24 Å². The number of hydrogen-bond donors (Lipinski definition) is 4. The van der Waals surface area contributed by atoms with Crippen molar-refractivity contribution in [2.45, 2.75) is 36.8 Å². The summed E-state index contributed by atoms with van der Waals surface area (Å²) in [6.07, 6.45) is -3.37. The zero-order chi connectivity index (χ0) is 13.2. The highest BCUT2D eigenvalue weighted by Crippen LogP contribution is 2.30. The first kappa shape index (κ1) is 14.5. The Labute approximate surface area is 103 Å². The maximum Gasteiger partial charge on any atom is 0.279 e. The second-order valence-corrected chi connectivity index (χ2v) is 4.99. The van der Waals surface area contributed by atoms with Gasteiger partial charge in [0.05, 0.1) is 6.10 Å². The fourth-order valence-corrected chi connectivity index (χ4v) is 2.22. The maximum atomic E-state index is 10.8. The number of carbonyl (C=O) groups is 1. The molecule has 1 heterocycles. The summed E-state index contributed by atoms with van der Waals surface area (Å²) in [7, 11) is 0. The molecular formula is C10H16NO5S. The van der Waals surface area contributed by atoms with Gasteiger partial charge in [-0.1, -0.05) is 12.2 Å². The standard InChI is InChI=1S/C10H16NO5S/c1-4(2)3-5-6(12)7(13)8(14)9(16-5)17-10(11)15/h3,5-9,12-14H,1H2,2H3,(H2,11,15). The quantitative estimate of drug-likeness (QED) is 0.539. The van der Waals surface area contributed by atoms with Crippen molar-refractivity contribution in [2.75, 3.05) is 0 Å². The third-order valence-electron chi connectivity index (χ3n) is 2.29. The summed E-state index contributed by atoms with van der Waals surface area (Å²) >= 11 is 0.566. The van der Waals surface area contributed by atoms with Crippen LogP contribution in [-0.4, -0.2) is 50.4 Å². The first-order valence-electron chi connectivity index (χ1n) is 4.99. The van der Waals surface area contributed by atoms with E-state index in [2.05, 4.69) is 6.58 Å². The second kappa shape index (κ2) is 5.83. The molecule has 5 N–H and O–H groups in total. The van der Waals surface area contributed by atoms with E-state index in [9.17, 15) is 20.1 Å². The van der Waals surface area contributed by atoms with Crippen molar-refractivity contribution in [1.29, 1.82) is 0 Å². The van der Waals surface area contributed by atoms with Crippen LogP contribution in [0.25, 0.3) is 0 Å². The highest BCUT2D eigenvalue weighted by molar-refractivity contribution is 8.13. The molecule has 1 amide bonds. The monoisotopic (exact) mass is 262 g/mol. The molecule has 17 heavy (non-hydrogen) atoms. The van der Waals surface area contributed by atoms with Gasteiger partial charge in [-0.3, -0.25) is 4.79 Å². The van der Waals surface area contributed by atoms with Crippen LogP contribution in [0.15, 0.2) is 12.2 Å². The molecule has 97 valence electrons. The number of nitrogens with two attached hydrogens (primary N) is 1. The van der Waals surface area contributed by atoms with Gasteiger partial charge in [-0.2, -0.15) is 0 Å². The zero-order valence-corrected chi connectivity index (χ0v) is 10.1. The molecule has 1 radical (unpaired) electrons. The van der Waals surface area contributed by atoms with Gasteiger partial charge < -0.3 is 25.8 Å². The number of aliphatic hydroxyl groups is 3. The Bertz CT molecular complexity index is 283. The largest absolute Gasteiger partial charge is 0.388 e. The Kier molecular flexibility index (Phi) is 4.96. The summed E-state index contributed by atoms with van der Waals surface area (Å²) in [4.78, 5) is 10.8. The van der Waals surface area contributed by atoms with E-state index in [1.54, 1.807) is 6.92 Å². The van der Waals surface area contributed by atoms with Crippen LogP contribution >= 0.6 is 11.8 Å². The van der Waals surface area contributed by atoms with Gasteiger partial charge in [0.2, 0.25) is 0 Å². The van der Waals surface area contributed by atoms with Gasteiger partial charge in [-0.05, 0) is 18.7 Å². The van der Waals surface area contributed by atoms with Gasteiger partial charge >= 0.3 is 0 Å². The number of thioether (sulfide) groups is 1. The maximum absolute atomic E-state index is 10.8. The van der Waals surface area contributed by atoms with Crippen LogP contribution < -0.4 is 5.73 Å². The van der Waals surface area contributed by atoms with Crippen molar-refractivity contribution < 1.29 is 24.9 Å². The molecule has 1 saturated heterocycles. The Hall–Kier alpha value is -0.600. The normalized spacial score (nSPS) is 37.8. The molecule has 6 nitrogen and oxygen atoms in total. The average molecular weight is 262 g/mol. The average Bonchev–Trinajstić information content (AvgIpc) is 2.20. The Balaban J connectivity index is 2.74. The SMILES string of the molecule is C=C(C)[CH]C1OC(SC(N)=O)C(O)C(O)C1O. The number of amides is 1. The van der Waals surface area contributed by atoms with E-state index in [1.165, 1.54) is 6.42 Å². The molecule has 1 aliphatic rings. The lowest BCUT2D eigenvalue weighted by Crippen LogP contribution is -2.56. The summed E-state index contributed by atoms with van der Waals surface area (Å²) in [6, 6.07) is 0. The van der Waals surface area contributed by atoms with Crippen LogP contribution in [0.5, 0.6) is 0 Å². The summed E-state index contributed by atoms with van der Waals surface area (Å²) in [5.41, 5.74) is 4.60. The predicted molar refractivity (Wildman–Crippen MR) is 63.0 cm³/mol. The van der Waals surface area contributed by atoms with Crippen molar-refractivity contribution in [1.82, 2.24) is 0 Å². The molecular weight excluding hydrogens is 246 g/mol. The smallest absolute Gasteiger partial charge is 0.279 e. The van der Waals surface area contributed by atoms with Crippen LogP contribution in [-0.2, 0) is 4.74 Å². The highest BCUT2D eigenvalue weighted by atomic mass is 32.2. The third-order valence-corrected chi connectivity index (χ3v) is 3.14. The fourth-order valence-electron chi connectivity index (χ4n) is 1.50. The van der Waals surface area contributed by atoms with Crippen molar-refractivity contribution in [3.05, 3.63) is 18.6 Å². The highest BCUT2D eigenvalue weighted by Gasteiger charge is 2.44. The Morgan fingerprint density at radius 1 is 1.35 bits per heavy atom. The van der Waals surface area contributed by atoms with Crippen LogP contribution in [0.1, 0.15) is 6.92 Å². The van der Waals surface area contributed by atoms with E-state index in [0.29, 0.717) is 17.3 Å². The van der Waals surface area contributed by atoms with Gasteiger partial charge in [0.15, 0.2) is 0 Å². The predicted octanol–water partition coefficient (Wildman–Crippen LogP) is -0.614. The summed E-state index contributed by atoms with van der Waals surface area (Å²) in [5.74, 6) is 0. The number of primary amides is 1. The third kappa shape index (κ3) is 3.68. The zero-order valence-electron chi connectivity index (χ0n) is 9.31. The summed E-state index contributed by atoms with van der Waals surface area (Å²) in [6.45, 7) is 5.32. The molecule has 0 aromatic rings. The van der Waals surface area contributed by atoms with E-state index < -0.39 is 35.1 Å². The molecule has 1 fully saturated rings. The number of hydrogen-bond acceptors (Lipinski definition) is 6. The minimum atomic E-state index is -1.40. The molecule has 0 spiro atoms. The minimum absolute atomic E-state index is 0.566. The Morgan fingerprint density at radius 3 is 2.41 bits per heavy atom. The molecule has 0 bridgehead atoms. The number of aliphatic hydroxyl groups excluding tert-OH is 3. The van der Waals surface area contributed by atoms with Crippen molar-refractivity contribution in [3.63, 3.8) is 0 Å². The lowest BCUT2D eigenvalue weighted by atomic mass is 9.96. The van der Waals surface area contributed by atoms with E-state index in [4.69, 9.17) is 10.5 Å². The molecule has 5 unspecified atom stereocenters. The van der Waals surface area contributed by atoms with Crippen LogP contribution in [0.4, 0.5) is 4.79 Å². The fraction of sp³-hybridized carbons (Fsp3) is 0.600. The van der Waals surface area contributed by atoms with E-state index >= 15 is 0 Å². The van der Waals surface area contributed by atoms with Crippen LogP contribution in [0, 0.1) is 6.42 Å². The summed E-state index contributed by atoms with van der Waals surface area (Å²) < 4.78 is 5.29. The lowest BCUT2D eigenvalue weighted by molar-refractivity contribution is -0.187. The van der Waals surface area contributed by atoms with Gasteiger partial charge in [0, 0.05) is 6.42 Å². The molecule has 0 aromatic heterocycles. The molecule has 0 saturated carbocycles. The topological polar surface area (TPSA) is 113 Å². The van der Waals surface area contributed by atoms with E-state index in [1.807, 2.05) is 0 Å². The summed E-state index contributed by atoms with van der Waals surface area (Å²) in [5, 5.41) is 28.2. The second-order valence-electron chi connectivity index (χ2n) is 3.89. The first-order valence-corrected chi connectivity index (χ1v) is 5.87. The number of ether oxygens (including phenoxy) is 1. The van der Waals surface area contributed by atoms with Gasteiger partial charge in [-0.25, -0.2) is 0 Å². The molecule has 1 rings (SSSR count). The number of carbonyl (C=O) groups excluding carboxylic acids is 1. The van der Waals surface area contributed by atoms with Crippen molar-refractivity contribution in [3.8, 4) is 0 Å².